The first kappa shape index (κ1) is 14.1. The minimum atomic E-state index is 0.514. The maximum absolute atomic E-state index is 5.61. The third-order valence-corrected chi connectivity index (χ3v) is 2.29. The Bertz CT molecular complexity index is 405. The average molecular weight is 248 g/mol. The van der Waals surface area contributed by atoms with Crippen LogP contribution in [-0.2, 0) is 4.84 Å². The van der Waals surface area contributed by atoms with Gasteiger partial charge in [0.2, 0.25) is 0 Å². The Morgan fingerprint density at radius 2 is 2.00 bits per heavy atom. The molecule has 0 aromatic heterocycles. The molecular formula is C14H20N2O2. The topological polar surface area (TPSA) is 42.8 Å². The van der Waals surface area contributed by atoms with Crippen molar-refractivity contribution in [2.75, 3.05) is 18.5 Å². The SMILES string of the molecule is C=CCOc1c(C)cc(N/C=N/OCC)cc1C. The lowest BCUT2D eigenvalue weighted by molar-refractivity contribution is 0.160. The van der Waals surface area contributed by atoms with E-state index in [4.69, 9.17) is 9.57 Å². The van der Waals surface area contributed by atoms with Crippen molar-refractivity contribution < 1.29 is 9.57 Å². The van der Waals surface area contributed by atoms with Crippen LogP contribution in [0.3, 0.4) is 0 Å². The van der Waals surface area contributed by atoms with Crippen LogP contribution in [0.15, 0.2) is 29.9 Å². The molecule has 0 atom stereocenters. The molecule has 4 nitrogen and oxygen atoms in total. The van der Waals surface area contributed by atoms with Crippen LogP contribution in [0.4, 0.5) is 5.69 Å². The lowest BCUT2D eigenvalue weighted by Gasteiger charge is -2.12. The summed E-state index contributed by atoms with van der Waals surface area (Å²) in [7, 11) is 0. The molecule has 0 heterocycles. The van der Waals surface area contributed by atoms with Crippen LogP contribution < -0.4 is 10.1 Å². The Hall–Kier alpha value is -1.97. The van der Waals surface area contributed by atoms with Crippen molar-refractivity contribution in [3.8, 4) is 5.75 Å². The molecule has 1 aromatic carbocycles. The lowest BCUT2D eigenvalue weighted by Crippen LogP contribution is -2.01. The fraction of sp³-hybridized carbons (Fsp3) is 0.357. The summed E-state index contributed by atoms with van der Waals surface area (Å²) < 4.78 is 5.61. The molecule has 0 bridgehead atoms. The highest BCUT2D eigenvalue weighted by atomic mass is 16.6. The summed E-state index contributed by atoms with van der Waals surface area (Å²) in [5.74, 6) is 0.905. The molecule has 1 rings (SSSR count). The second-order valence-corrected chi connectivity index (χ2v) is 3.84. The van der Waals surface area contributed by atoms with Gasteiger partial charge in [-0.05, 0) is 44.0 Å². The number of aryl methyl sites for hydroxylation is 2. The largest absolute Gasteiger partial charge is 0.489 e. The van der Waals surface area contributed by atoms with E-state index >= 15 is 0 Å². The van der Waals surface area contributed by atoms with Gasteiger partial charge in [-0.2, -0.15) is 0 Å². The summed E-state index contributed by atoms with van der Waals surface area (Å²) in [6.45, 7) is 10.6. The van der Waals surface area contributed by atoms with Gasteiger partial charge in [-0.15, -0.1) is 0 Å². The van der Waals surface area contributed by atoms with Crippen LogP contribution in [0.1, 0.15) is 18.1 Å². The number of rotatable bonds is 7. The standard InChI is InChI=1S/C14H20N2O2/c1-5-7-17-14-11(3)8-13(9-12(14)4)15-10-16-18-6-2/h5,8-10H,1,6-7H2,2-4H3,(H,15,16). The van der Waals surface area contributed by atoms with E-state index in [9.17, 15) is 0 Å². The molecule has 0 spiro atoms. The second kappa shape index (κ2) is 7.37. The molecule has 0 unspecified atom stereocenters. The zero-order valence-electron chi connectivity index (χ0n) is 11.2. The zero-order valence-corrected chi connectivity index (χ0v) is 11.2. The Balaban J connectivity index is 2.75. The van der Waals surface area contributed by atoms with E-state index < -0.39 is 0 Å². The number of nitrogens with one attached hydrogen (secondary N) is 1. The lowest BCUT2D eigenvalue weighted by atomic mass is 10.1. The molecule has 0 saturated heterocycles. The highest BCUT2D eigenvalue weighted by Gasteiger charge is 2.05. The van der Waals surface area contributed by atoms with E-state index in [1.165, 1.54) is 6.34 Å². The molecule has 4 heteroatoms. The van der Waals surface area contributed by atoms with Crippen molar-refractivity contribution in [3.05, 3.63) is 35.9 Å². The van der Waals surface area contributed by atoms with E-state index in [0.29, 0.717) is 13.2 Å². The fourth-order valence-electron chi connectivity index (χ4n) is 1.62. The average Bonchev–Trinajstić information content (AvgIpc) is 2.34. The van der Waals surface area contributed by atoms with E-state index in [2.05, 4.69) is 17.1 Å². The second-order valence-electron chi connectivity index (χ2n) is 3.84. The summed E-state index contributed by atoms with van der Waals surface area (Å²) in [5, 5.41) is 6.79. The van der Waals surface area contributed by atoms with Crippen molar-refractivity contribution in [2.24, 2.45) is 5.16 Å². The molecule has 98 valence electrons. The predicted octanol–water partition coefficient (Wildman–Crippen LogP) is 3.26. The van der Waals surface area contributed by atoms with E-state index in [1.54, 1.807) is 6.08 Å². The maximum Gasteiger partial charge on any atom is 0.132 e. The Kier molecular flexibility index (Phi) is 5.77. The van der Waals surface area contributed by atoms with Crippen LogP contribution in [0.25, 0.3) is 0 Å². The van der Waals surface area contributed by atoms with Crippen molar-refractivity contribution >= 4 is 12.0 Å². The van der Waals surface area contributed by atoms with Gasteiger partial charge in [0.15, 0.2) is 0 Å². The Morgan fingerprint density at radius 1 is 1.33 bits per heavy atom. The predicted molar refractivity (Wildman–Crippen MR) is 75.3 cm³/mol. The van der Waals surface area contributed by atoms with Gasteiger partial charge in [-0.3, -0.25) is 0 Å². The highest BCUT2D eigenvalue weighted by molar-refractivity contribution is 5.76. The van der Waals surface area contributed by atoms with Gasteiger partial charge in [-0.25, -0.2) is 0 Å². The molecule has 1 N–H and O–H groups in total. The molecule has 0 amide bonds. The summed E-state index contributed by atoms with van der Waals surface area (Å²) in [6.07, 6.45) is 3.27. The molecule has 0 radical (unpaired) electrons. The van der Waals surface area contributed by atoms with Crippen LogP contribution in [0.2, 0.25) is 0 Å². The number of nitrogens with zero attached hydrogens (tertiary/aromatic N) is 1. The number of oxime groups is 1. The van der Waals surface area contributed by atoms with Crippen molar-refractivity contribution in [3.63, 3.8) is 0 Å². The summed E-state index contributed by atoms with van der Waals surface area (Å²) in [6, 6.07) is 4.01. The van der Waals surface area contributed by atoms with E-state index in [0.717, 1.165) is 22.6 Å². The van der Waals surface area contributed by atoms with Gasteiger partial charge in [0.05, 0.1) is 0 Å². The minimum absolute atomic E-state index is 0.514. The van der Waals surface area contributed by atoms with Gasteiger partial charge in [-0.1, -0.05) is 17.8 Å². The monoisotopic (exact) mass is 248 g/mol. The van der Waals surface area contributed by atoms with Gasteiger partial charge < -0.3 is 14.9 Å². The van der Waals surface area contributed by atoms with Gasteiger partial charge >= 0.3 is 0 Å². The minimum Gasteiger partial charge on any atom is -0.489 e. The Morgan fingerprint density at radius 3 is 2.56 bits per heavy atom. The number of hydrogen-bond acceptors (Lipinski definition) is 3. The van der Waals surface area contributed by atoms with Gasteiger partial charge in [0.25, 0.3) is 0 Å². The zero-order chi connectivity index (χ0) is 13.4. The quantitative estimate of drug-likeness (QED) is 0.348. The van der Waals surface area contributed by atoms with Gasteiger partial charge in [0.1, 0.15) is 25.3 Å². The van der Waals surface area contributed by atoms with E-state index in [-0.39, 0.29) is 0 Å². The first-order valence-corrected chi connectivity index (χ1v) is 5.94. The first-order valence-electron chi connectivity index (χ1n) is 5.94. The number of benzene rings is 1. The van der Waals surface area contributed by atoms with Crippen LogP contribution in [-0.4, -0.2) is 19.6 Å². The van der Waals surface area contributed by atoms with Crippen LogP contribution in [0, 0.1) is 13.8 Å². The highest BCUT2D eigenvalue weighted by Crippen LogP contribution is 2.26. The summed E-state index contributed by atoms with van der Waals surface area (Å²) in [5.41, 5.74) is 3.10. The molecular weight excluding hydrogens is 228 g/mol. The fourth-order valence-corrected chi connectivity index (χ4v) is 1.62. The van der Waals surface area contributed by atoms with Gasteiger partial charge in [0, 0.05) is 5.69 Å². The molecule has 0 fully saturated rings. The molecule has 1 aromatic rings. The van der Waals surface area contributed by atoms with E-state index in [1.807, 2.05) is 32.9 Å². The summed E-state index contributed by atoms with van der Waals surface area (Å²) >= 11 is 0. The van der Waals surface area contributed by atoms with Crippen LogP contribution >= 0.6 is 0 Å². The molecule has 18 heavy (non-hydrogen) atoms. The van der Waals surface area contributed by atoms with Crippen molar-refractivity contribution in [1.29, 1.82) is 0 Å². The number of hydrogen-bond donors (Lipinski definition) is 1. The number of anilines is 1. The molecule has 0 aliphatic carbocycles. The third kappa shape index (κ3) is 4.13. The summed E-state index contributed by atoms with van der Waals surface area (Å²) in [4.78, 5) is 4.86. The smallest absolute Gasteiger partial charge is 0.132 e. The first-order chi connectivity index (χ1) is 8.69. The number of ether oxygens (including phenoxy) is 1. The molecule has 0 aliphatic rings. The third-order valence-electron chi connectivity index (χ3n) is 2.29. The Labute approximate surface area is 108 Å². The van der Waals surface area contributed by atoms with Crippen LogP contribution in [0.5, 0.6) is 5.75 Å². The van der Waals surface area contributed by atoms with Crippen molar-refractivity contribution in [2.45, 2.75) is 20.8 Å². The molecule has 0 saturated carbocycles. The maximum atomic E-state index is 5.61. The van der Waals surface area contributed by atoms with Crippen molar-refractivity contribution in [1.82, 2.24) is 0 Å². The normalized spacial score (nSPS) is 10.4. The molecule has 0 aliphatic heterocycles.